The van der Waals surface area contributed by atoms with Crippen molar-refractivity contribution >= 4 is 15.9 Å². The molecule has 0 atom stereocenters. The van der Waals surface area contributed by atoms with E-state index in [0.717, 1.165) is 10.8 Å². The lowest BCUT2D eigenvalue weighted by Gasteiger charge is -2.39. The Kier molecular flexibility index (Phi) is 4.37. The fourth-order valence-corrected chi connectivity index (χ4v) is 3.51. The number of hydrogen-bond acceptors (Lipinski definition) is 5. The van der Waals surface area contributed by atoms with Gasteiger partial charge < -0.3 is 4.90 Å². The number of nitrogens with zero attached hydrogens (tertiary/aromatic N) is 5. The second-order valence-electron chi connectivity index (χ2n) is 6.01. The van der Waals surface area contributed by atoms with Gasteiger partial charge in [-0.15, -0.1) is 0 Å². The van der Waals surface area contributed by atoms with E-state index in [9.17, 15) is 13.2 Å². The van der Waals surface area contributed by atoms with E-state index in [0.29, 0.717) is 24.6 Å². The first-order valence-corrected chi connectivity index (χ1v) is 8.96. The van der Waals surface area contributed by atoms with Crippen LogP contribution >= 0.6 is 0 Å². The molecule has 24 heavy (non-hydrogen) atoms. The zero-order valence-corrected chi connectivity index (χ0v) is 14.3. The maximum absolute atomic E-state index is 12.4. The zero-order chi connectivity index (χ0) is 17.3. The molecule has 1 fully saturated rings. The molecule has 2 heterocycles. The third kappa shape index (κ3) is 3.17. The summed E-state index contributed by atoms with van der Waals surface area (Å²) in [5.41, 5.74) is 0.493. The van der Waals surface area contributed by atoms with Crippen LogP contribution in [0.1, 0.15) is 10.4 Å². The highest BCUT2D eigenvalue weighted by atomic mass is 32.2. The van der Waals surface area contributed by atoms with Gasteiger partial charge in [-0.3, -0.25) is 9.48 Å². The van der Waals surface area contributed by atoms with E-state index >= 15 is 0 Å². The predicted molar refractivity (Wildman–Crippen MR) is 86.7 cm³/mol. The number of hydrogen-bond donors (Lipinski definition) is 0. The predicted octanol–water partition coefficient (Wildman–Crippen LogP) is 0.301. The van der Waals surface area contributed by atoms with Crippen molar-refractivity contribution < 1.29 is 13.2 Å². The molecule has 0 saturated carbocycles. The fraction of sp³-hybridized carbons (Fsp3) is 0.400. The first-order valence-electron chi connectivity index (χ1n) is 7.52. The molecule has 2 aromatic rings. The van der Waals surface area contributed by atoms with Gasteiger partial charge in [0.2, 0.25) is 10.0 Å². The molecule has 3 rings (SSSR count). The maximum atomic E-state index is 12.4. The third-order valence-electron chi connectivity index (χ3n) is 4.04. The molecule has 8 nitrogen and oxygen atoms in total. The van der Waals surface area contributed by atoms with E-state index in [-0.39, 0.29) is 10.8 Å². The largest absolute Gasteiger partial charge is 0.338 e. The lowest BCUT2D eigenvalue weighted by atomic mass is 9.99. The van der Waals surface area contributed by atoms with Crippen LogP contribution in [0.3, 0.4) is 0 Å². The van der Waals surface area contributed by atoms with Crippen LogP contribution in [0.2, 0.25) is 0 Å². The molecule has 1 saturated heterocycles. The van der Waals surface area contributed by atoms with Gasteiger partial charge in [0.1, 0.15) is 12.7 Å². The average Bonchev–Trinajstić information content (AvgIpc) is 3.03. The van der Waals surface area contributed by atoms with Gasteiger partial charge in [0.05, 0.1) is 4.90 Å². The number of sulfonamides is 1. The van der Waals surface area contributed by atoms with Crippen LogP contribution in [0, 0.1) is 5.92 Å². The van der Waals surface area contributed by atoms with Gasteiger partial charge in [0, 0.05) is 45.2 Å². The van der Waals surface area contributed by atoms with Gasteiger partial charge in [-0.2, -0.15) is 5.10 Å². The normalized spacial score (nSPS) is 15.5. The highest BCUT2D eigenvalue weighted by Crippen LogP contribution is 2.21. The van der Waals surface area contributed by atoms with Crippen LogP contribution < -0.4 is 0 Å². The van der Waals surface area contributed by atoms with Gasteiger partial charge >= 0.3 is 0 Å². The smallest absolute Gasteiger partial charge is 0.253 e. The lowest BCUT2D eigenvalue weighted by Crippen LogP contribution is -2.51. The van der Waals surface area contributed by atoms with Gasteiger partial charge in [0.15, 0.2) is 0 Å². The second-order valence-corrected chi connectivity index (χ2v) is 8.16. The van der Waals surface area contributed by atoms with E-state index in [1.807, 2.05) is 0 Å². The molecule has 128 valence electrons. The minimum atomic E-state index is -3.48. The number of carbonyl (C=O) groups excluding carboxylic acids is 1. The molecule has 0 radical (unpaired) electrons. The Morgan fingerprint density at radius 3 is 2.46 bits per heavy atom. The van der Waals surface area contributed by atoms with Crippen LogP contribution in [0.15, 0.2) is 41.8 Å². The number of likely N-dealkylation sites (tertiary alicyclic amines) is 1. The molecule has 1 aromatic carbocycles. The molecule has 0 unspecified atom stereocenters. The molecule has 0 spiro atoms. The van der Waals surface area contributed by atoms with Crippen molar-refractivity contribution in [1.29, 1.82) is 0 Å². The van der Waals surface area contributed by atoms with Crippen LogP contribution in [0.5, 0.6) is 0 Å². The summed E-state index contributed by atoms with van der Waals surface area (Å²) in [4.78, 5) is 18.2. The molecule has 1 aromatic heterocycles. The third-order valence-corrected chi connectivity index (χ3v) is 5.87. The van der Waals surface area contributed by atoms with Gasteiger partial charge in [0.25, 0.3) is 5.91 Å². The molecule has 1 aliphatic heterocycles. The summed E-state index contributed by atoms with van der Waals surface area (Å²) in [7, 11) is -0.524. The van der Waals surface area contributed by atoms with Crippen LogP contribution in [-0.4, -0.2) is 65.5 Å². The highest BCUT2D eigenvalue weighted by Gasteiger charge is 2.31. The summed E-state index contributed by atoms with van der Waals surface area (Å²) in [6, 6.07) is 6.05. The van der Waals surface area contributed by atoms with Crippen molar-refractivity contribution in [2.45, 2.75) is 11.4 Å². The Labute approximate surface area is 140 Å². The van der Waals surface area contributed by atoms with Gasteiger partial charge in [-0.25, -0.2) is 17.7 Å². The Hall–Kier alpha value is -2.26. The summed E-state index contributed by atoms with van der Waals surface area (Å²) in [5.74, 6) is 0.280. The molecule has 9 heteroatoms. The van der Waals surface area contributed by atoms with E-state index < -0.39 is 10.0 Å². The number of aromatic nitrogens is 3. The summed E-state index contributed by atoms with van der Waals surface area (Å²) in [6.45, 7) is 2.07. The Bertz CT molecular complexity index is 809. The quantitative estimate of drug-likeness (QED) is 0.775. The van der Waals surface area contributed by atoms with Crippen molar-refractivity contribution in [3.63, 3.8) is 0 Å². The van der Waals surface area contributed by atoms with Gasteiger partial charge in [-0.1, -0.05) is 0 Å². The highest BCUT2D eigenvalue weighted by molar-refractivity contribution is 7.89. The topological polar surface area (TPSA) is 88.4 Å². The van der Waals surface area contributed by atoms with Crippen molar-refractivity contribution in [2.24, 2.45) is 5.92 Å². The number of benzene rings is 1. The average molecular weight is 349 g/mol. The molecule has 0 aliphatic carbocycles. The van der Waals surface area contributed by atoms with Crippen molar-refractivity contribution in [3.05, 3.63) is 42.5 Å². The summed E-state index contributed by atoms with van der Waals surface area (Å²) < 4.78 is 27.0. The first kappa shape index (κ1) is 16.6. The van der Waals surface area contributed by atoms with E-state index in [1.165, 1.54) is 32.6 Å². The number of rotatable bonds is 5. The monoisotopic (exact) mass is 349 g/mol. The summed E-state index contributed by atoms with van der Waals surface area (Å²) in [5, 5.41) is 4.05. The summed E-state index contributed by atoms with van der Waals surface area (Å²) >= 11 is 0. The molecule has 0 bridgehead atoms. The van der Waals surface area contributed by atoms with Crippen molar-refractivity contribution in [3.8, 4) is 0 Å². The molecular formula is C15H19N5O3S. The lowest BCUT2D eigenvalue weighted by molar-refractivity contribution is 0.0461. The minimum Gasteiger partial charge on any atom is -0.338 e. The Balaban J connectivity index is 1.61. The fourth-order valence-electron chi connectivity index (χ4n) is 2.61. The summed E-state index contributed by atoms with van der Waals surface area (Å²) in [6.07, 6.45) is 3.15. The Morgan fingerprint density at radius 2 is 1.92 bits per heavy atom. The van der Waals surface area contributed by atoms with Gasteiger partial charge in [-0.05, 0) is 24.3 Å². The maximum Gasteiger partial charge on any atom is 0.253 e. The van der Waals surface area contributed by atoms with E-state index in [2.05, 4.69) is 10.1 Å². The van der Waals surface area contributed by atoms with Crippen LogP contribution in [0.25, 0.3) is 0 Å². The van der Waals surface area contributed by atoms with E-state index in [1.54, 1.807) is 28.0 Å². The van der Waals surface area contributed by atoms with Crippen LogP contribution in [-0.2, 0) is 16.6 Å². The van der Waals surface area contributed by atoms with Crippen molar-refractivity contribution in [1.82, 2.24) is 24.0 Å². The minimum absolute atomic E-state index is 0.0846. The van der Waals surface area contributed by atoms with E-state index in [4.69, 9.17) is 0 Å². The number of carbonyl (C=O) groups is 1. The Morgan fingerprint density at radius 1 is 1.25 bits per heavy atom. The molecule has 0 N–H and O–H groups in total. The SMILES string of the molecule is CN(C)S(=O)(=O)c1ccc(C(=O)N2CC(Cn3cncn3)C2)cc1. The van der Waals surface area contributed by atoms with Crippen LogP contribution in [0.4, 0.5) is 0 Å². The molecular weight excluding hydrogens is 330 g/mol. The molecule has 1 aliphatic rings. The van der Waals surface area contributed by atoms with Crippen molar-refractivity contribution in [2.75, 3.05) is 27.2 Å². The molecule has 1 amide bonds. The number of amides is 1. The second kappa shape index (κ2) is 6.33. The first-order chi connectivity index (χ1) is 11.4. The zero-order valence-electron chi connectivity index (χ0n) is 13.5. The standard InChI is InChI=1S/C15H19N5O3S/c1-18(2)24(22,23)14-5-3-13(4-6-14)15(21)19-7-12(8-19)9-20-11-16-10-17-20/h3-6,10-12H,7-9H2,1-2H3.